The summed E-state index contributed by atoms with van der Waals surface area (Å²) in [5, 5.41) is 9.80. The normalized spacial score (nSPS) is 18.4. The fourth-order valence-electron chi connectivity index (χ4n) is 2.46. The van der Waals surface area contributed by atoms with Crippen LogP contribution in [-0.4, -0.2) is 34.5 Å². The van der Waals surface area contributed by atoms with Gasteiger partial charge in [0, 0.05) is 34.3 Å². The van der Waals surface area contributed by atoms with Gasteiger partial charge in [-0.2, -0.15) is 0 Å². The lowest BCUT2D eigenvalue weighted by atomic mass is 10.1. The van der Waals surface area contributed by atoms with Gasteiger partial charge in [0.2, 0.25) is 5.91 Å². The Bertz CT molecular complexity index is 566. The maximum atomic E-state index is 12.2. The molecular weight excluding hydrogens is 313 g/mol. The Balaban J connectivity index is 2.10. The van der Waals surface area contributed by atoms with Crippen molar-refractivity contribution in [3.63, 3.8) is 0 Å². The molecule has 0 aliphatic carbocycles. The Morgan fingerprint density at radius 1 is 1.33 bits per heavy atom. The maximum Gasteiger partial charge on any atom is 0.305 e. The summed E-state index contributed by atoms with van der Waals surface area (Å²) in [6.45, 7) is 0.581. The average molecular weight is 328 g/mol. The van der Waals surface area contributed by atoms with Crippen molar-refractivity contribution in [2.45, 2.75) is 25.3 Å². The number of carbonyl (C=O) groups excluding carboxylic acids is 1. The van der Waals surface area contributed by atoms with Crippen LogP contribution >= 0.6 is 23.2 Å². The van der Waals surface area contributed by atoms with Crippen LogP contribution < -0.4 is 0 Å². The van der Waals surface area contributed by atoms with E-state index in [1.165, 1.54) is 6.08 Å². The van der Waals surface area contributed by atoms with Gasteiger partial charge in [0.05, 0.1) is 6.42 Å². The molecular formula is C15H15Cl2NO3. The summed E-state index contributed by atoms with van der Waals surface area (Å²) in [5.41, 5.74) is 0.586. The Hall–Kier alpha value is -1.52. The molecule has 0 spiro atoms. The minimum atomic E-state index is -0.891. The van der Waals surface area contributed by atoms with Gasteiger partial charge in [-0.1, -0.05) is 29.3 Å². The van der Waals surface area contributed by atoms with E-state index in [2.05, 4.69) is 0 Å². The molecule has 21 heavy (non-hydrogen) atoms. The first-order valence-electron chi connectivity index (χ1n) is 6.63. The molecule has 0 aromatic heterocycles. The summed E-state index contributed by atoms with van der Waals surface area (Å²) in [7, 11) is 0. The second kappa shape index (κ2) is 6.96. The number of hydrogen-bond acceptors (Lipinski definition) is 2. The highest BCUT2D eigenvalue weighted by Gasteiger charge is 2.29. The summed E-state index contributed by atoms with van der Waals surface area (Å²) >= 11 is 12.1. The molecule has 0 saturated carbocycles. The van der Waals surface area contributed by atoms with Crippen molar-refractivity contribution in [3.8, 4) is 0 Å². The van der Waals surface area contributed by atoms with Gasteiger partial charge in [0.15, 0.2) is 0 Å². The predicted octanol–water partition coefficient (Wildman–Crippen LogP) is 3.47. The zero-order chi connectivity index (χ0) is 15.4. The summed E-state index contributed by atoms with van der Waals surface area (Å²) < 4.78 is 0. The minimum Gasteiger partial charge on any atom is -0.481 e. The van der Waals surface area contributed by atoms with Crippen LogP contribution in [0.1, 0.15) is 24.8 Å². The number of carboxylic acid groups (broad SMARTS) is 1. The lowest BCUT2D eigenvalue weighted by Crippen LogP contribution is -2.35. The van der Waals surface area contributed by atoms with Crippen molar-refractivity contribution < 1.29 is 14.7 Å². The molecule has 1 unspecified atom stereocenters. The topological polar surface area (TPSA) is 57.6 Å². The number of benzene rings is 1. The number of carboxylic acids is 1. The summed E-state index contributed by atoms with van der Waals surface area (Å²) in [5.74, 6) is -1.10. The van der Waals surface area contributed by atoms with Crippen molar-refractivity contribution >= 4 is 41.2 Å². The van der Waals surface area contributed by atoms with Crippen molar-refractivity contribution in [2.24, 2.45) is 0 Å². The average Bonchev–Trinajstić information content (AvgIpc) is 2.85. The van der Waals surface area contributed by atoms with E-state index in [1.807, 2.05) is 0 Å². The number of hydrogen-bond donors (Lipinski definition) is 1. The Labute approximate surface area is 133 Å². The van der Waals surface area contributed by atoms with Crippen molar-refractivity contribution in [1.29, 1.82) is 0 Å². The van der Waals surface area contributed by atoms with E-state index in [4.69, 9.17) is 28.3 Å². The number of aliphatic carboxylic acids is 1. The molecule has 1 amide bonds. The first-order valence-corrected chi connectivity index (χ1v) is 7.39. The number of nitrogens with zero attached hydrogens (tertiary/aromatic N) is 1. The summed E-state index contributed by atoms with van der Waals surface area (Å²) in [4.78, 5) is 24.6. The van der Waals surface area contributed by atoms with Crippen LogP contribution in [0.3, 0.4) is 0 Å². The van der Waals surface area contributed by atoms with Gasteiger partial charge in [-0.25, -0.2) is 0 Å². The van der Waals surface area contributed by atoms with E-state index in [1.54, 1.807) is 29.2 Å². The third kappa shape index (κ3) is 3.99. The molecule has 2 rings (SSSR count). The zero-order valence-electron chi connectivity index (χ0n) is 11.3. The molecule has 6 heteroatoms. The van der Waals surface area contributed by atoms with Crippen LogP contribution in [0.2, 0.25) is 10.0 Å². The second-order valence-electron chi connectivity index (χ2n) is 4.89. The molecule has 1 aromatic rings. The van der Waals surface area contributed by atoms with Crippen LogP contribution in [0.25, 0.3) is 6.08 Å². The SMILES string of the molecule is O=C(O)CC1CCCN1C(=O)/C=C/c1c(Cl)cccc1Cl. The van der Waals surface area contributed by atoms with Crippen LogP contribution in [0, 0.1) is 0 Å². The monoisotopic (exact) mass is 327 g/mol. The number of carbonyl (C=O) groups is 2. The predicted molar refractivity (Wildman–Crippen MR) is 82.5 cm³/mol. The zero-order valence-corrected chi connectivity index (χ0v) is 12.8. The minimum absolute atomic E-state index is 0.0214. The molecule has 1 N–H and O–H groups in total. The number of halogens is 2. The van der Waals surface area contributed by atoms with E-state index in [-0.39, 0.29) is 18.4 Å². The lowest BCUT2D eigenvalue weighted by molar-refractivity contribution is -0.139. The lowest BCUT2D eigenvalue weighted by Gasteiger charge is -2.21. The van der Waals surface area contributed by atoms with Crippen molar-refractivity contribution in [2.75, 3.05) is 6.54 Å². The molecule has 0 radical (unpaired) electrons. The fourth-order valence-corrected chi connectivity index (χ4v) is 2.98. The Kier molecular flexibility index (Phi) is 5.26. The van der Waals surface area contributed by atoms with Gasteiger partial charge >= 0.3 is 5.97 Å². The van der Waals surface area contributed by atoms with Crippen LogP contribution in [0.5, 0.6) is 0 Å². The van der Waals surface area contributed by atoms with Crippen molar-refractivity contribution in [3.05, 3.63) is 39.9 Å². The van der Waals surface area contributed by atoms with E-state index in [9.17, 15) is 9.59 Å². The second-order valence-corrected chi connectivity index (χ2v) is 5.71. The van der Waals surface area contributed by atoms with Crippen LogP contribution in [0.4, 0.5) is 0 Å². The molecule has 1 aromatic carbocycles. The third-order valence-corrected chi connectivity index (χ3v) is 4.12. The van der Waals surface area contributed by atoms with Crippen molar-refractivity contribution in [1.82, 2.24) is 4.90 Å². The first-order chi connectivity index (χ1) is 9.99. The van der Waals surface area contributed by atoms with Crippen LogP contribution in [-0.2, 0) is 9.59 Å². The molecule has 1 saturated heterocycles. The molecule has 1 aliphatic heterocycles. The molecule has 4 nitrogen and oxygen atoms in total. The fraction of sp³-hybridized carbons (Fsp3) is 0.333. The highest BCUT2D eigenvalue weighted by Crippen LogP contribution is 2.26. The maximum absolute atomic E-state index is 12.2. The molecule has 1 aliphatic rings. The van der Waals surface area contributed by atoms with Gasteiger partial charge < -0.3 is 10.0 Å². The smallest absolute Gasteiger partial charge is 0.305 e. The quantitative estimate of drug-likeness (QED) is 0.861. The van der Waals surface area contributed by atoms with Gasteiger partial charge in [0.25, 0.3) is 0 Å². The van der Waals surface area contributed by atoms with Gasteiger partial charge in [-0.3, -0.25) is 9.59 Å². The first kappa shape index (κ1) is 15.9. The highest BCUT2D eigenvalue weighted by atomic mass is 35.5. The standard InChI is InChI=1S/C15H15Cl2NO3/c16-12-4-1-5-13(17)11(12)6-7-14(19)18-8-2-3-10(18)9-15(20)21/h1,4-7,10H,2-3,8-9H2,(H,20,21)/b7-6+. The third-order valence-electron chi connectivity index (χ3n) is 3.46. The Morgan fingerprint density at radius 2 is 2.00 bits per heavy atom. The molecule has 0 bridgehead atoms. The van der Waals surface area contributed by atoms with Crippen LogP contribution in [0.15, 0.2) is 24.3 Å². The molecule has 1 atom stereocenters. The highest BCUT2D eigenvalue weighted by molar-refractivity contribution is 6.37. The summed E-state index contributed by atoms with van der Waals surface area (Å²) in [6, 6.07) is 4.88. The van der Waals surface area contributed by atoms with Gasteiger partial charge in [-0.05, 0) is 31.1 Å². The number of rotatable bonds is 4. The van der Waals surface area contributed by atoms with E-state index >= 15 is 0 Å². The number of amides is 1. The number of likely N-dealkylation sites (tertiary alicyclic amines) is 1. The van der Waals surface area contributed by atoms with Gasteiger partial charge in [-0.15, -0.1) is 0 Å². The van der Waals surface area contributed by atoms with E-state index < -0.39 is 5.97 Å². The summed E-state index contributed by atoms with van der Waals surface area (Å²) in [6.07, 6.45) is 4.49. The van der Waals surface area contributed by atoms with Gasteiger partial charge in [0.1, 0.15) is 0 Å². The van der Waals surface area contributed by atoms with E-state index in [0.29, 0.717) is 22.2 Å². The Morgan fingerprint density at radius 3 is 2.62 bits per heavy atom. The molecule has 1 fully saturated rings. The molecule has 112 valence electrons. The largest absolute Gasteiger partial charge is 0.481 e. The van der Waals surface area contributed by atoms with E-state index in [0.717, 1.165) is 12.8 Å². The molecule has 1 heterocycles.